The highest BCUT2D eigenvalue weighted by atomic mass is 16.1. The molecule has 0 aromatic carbocycles. The van der Waals surface area contributed by atoms with Crippen molar-refractivity contribution >= 4 is 11.4 Å². The molecule has 0 aliphatic carbocycles. The van der Waals surface area contributed by atoms with Crippen LogP contribution in [0, 0.1) is 0 Å². The Balaban J connectivity index is 2.13. The molecule has 0 aliphatic rings. The summed E-state index contributed by atoms with van der Waals surface area (Å²) < 4.78 is 3.04. The lowest BCUT2D eigenvalue weighted by Crippen LogP contribution is -2.30. The number of carbonyl (C=O) groups excluding carboxylic acids is 1. The van der Waals surface area contributed by atoms with Crippen LogP contribution in [-0.2, 0) is 11.3 Å². The SMILES string of the molecule is C=CC(=O)NCCn1ccn2nccc2c1=O. The number of hydrogen-bond acceptors (Lipinski definition) is 3. The van der Waals surface area contributed by atoms with Gasteiger partial charge in [0.05, 0.1) is 6.20 Å². The summed E-state index contributed by atoms with van der Waals surface area (Å²) in [5.74, 6) is -0.247. The van der Waals surface area contributed by atoms with Crippen molar-refractivity contribution < 1.29 is 4.79 Å². The second-order valence-corrected chi connectivity index (χ2v) is 3.45. The molecule has 0 unspecified atom stereocenters. The van der Waals surface area contributed by atoms with Crippen molar-refractivity contribution in [2.45, 2.75) is 6.54 Å². The van der Waals surface area contributed by atoms with Crippen LogP contribution >= 0.6 is 0 Å². The normalized spacial score (nSPS) is 10.4. The zero-order valence-corrected chi connectivity index (χ0v) is 9.17. The molecule has 2 heterocycles. The fourth-order valence-electron chi connectivity index (χ4n) is 1.51. The first kappa shape index (κ1) is 11.1. The van der Waals surface area contributed by atoms with Gasteiger partial charge in [-0.15, -0.1) is 0 Å². The predicted molar refractivity (Wildman–Crippen MR) is 62.7 cm³/mol. The minimum absolute atomic E-state index is 0.127. The van der Waals surface area contributed by atoms with Crippen LogP contribution in [0.3, 0.4) is 0 Å². The summed E-state index contributed by atoms with van der Waals surface area (Å²) in [5.41, 5.74) is 0.389. The van der Waals surface area contributed by atoms with E-state index >= 15 is 0 Å². The zero-order chi connectivity index (χ0) is 12.3. The van der Waals surface area contributed by atoms with Crippen molar-refractivity contribution in [3.05, 3.63) is 47.7 Å². The maximum Gasteiger partial charge on any atom is 0.276 e. The summed E-state index contributed by atoms with van der Waals surface area (Å²) in [6.45, 7) is 4.15. The Labute approximate surface area is 97.2 Å². The van der Waals surface area contributed by atoms with E-state index in [0.717, 1.165) is 0 Å². The fourth-order valence-corrected chi connectivity index (χ4v) is 1.51. The molecule has 1 amide bonds. The van der Waals surface area contributed by atoms with Crippen molar-refractivity contribution in [3.8, 4) is 0 Å². The topological polar surface area (TPSA) is 68.4 Å². The van der Waals surface area contributed by atoms with Crippen LogP contribution in [0.5, 0.6) is 0 Å². The average molecular weight is 232 g/mol. The Morgan fingerprint density at radius 2 is 2.35 bits per heavy atom. The third kappa shape index (κ3) is 2.25. The molecule has 17 heavy (non-hydrogen) atoms. The molecule has 0 aliphatic heterocycles. The largest absolute Gasteiger partial charge is 0.351 e. The number of rotatable bonds is 4. The number of fused-ring (bicyclic) bond motifs is 1. The quantitative estimate of drug-likeness (QED) is 0.742. The van der Waals surface area contributed by atoms with Gasteiger partial charge in [-0.05, 0) is 12.1 Å². The Hall–Kier alpha value is -2.37. The Bertz CT molecular complexity index is 611. The van der Waals surface area contributed by atoms with E-state index in [4.69, 9.17) is 0 Å². The van der Waals surface area contributed by atoms with Crippen LogP contribution in [-0.4, -0.2) is 26.6 Å². The molecule has 0 spiro atoms. The van der Waals surface area contributed by atoms with Gasteiger partial charge in [0, 0.05) is 25.5 Å². The number of hydrogen-bond donors (Lipinski definition) is 1. The number of carbonyl (C=O) groups is 1. The van der Waals surface area contributed by atoms with E-state index in [-0.39, 0.29) is 11.5 Å². The molecule has 0 bridgehead atoms. The van der Waals surface area contributed by atoms with Gasteiger partial charge in [0.2, 0.25) is 5.91 Å². The van der Waals surface area contributed by atoms with Gasteiger partial charge in [0.1, 0.15) is 5.52 Å². The monoisotopic (exact) mass is 232 g/mol. The molecule has 0 atom stereocenters. The third-order valence-electron chi connectivity index (χ3n) is 2.38. The third-order valence-corrected chi connectivity index (χ3v) is 2.38. The second kappa shape index (κ2) is 4.65. The number of nitrogens with zero attached hydrogens (tertiary/aromatic N) is 3. The first-order chi connectivity index (χ1) is 8.22. The number of aromatic nitrogens is 3. The van der Waals surface area contributed by atoms with Crippen molar-refractivity contribution in [1.82, 2.24) is 19.5 Å². The molecule has 2 rings (SSSR count). The van der Waals surface area contributed by atoms with Gasteiger partial charge in [-0.1, -0.05) is 6.58 Å². The Morgan fingerprint density at radius 1 is 1.53 bits per heavy atom. The lowest BCUT2D eigenvalue weighted by molar-refractivity contribution is -0.116. The summed E-state index contributed by atoms with van der Waals surface area (Å²) in [6.07, 6.45) is 6.11. The van der Waals surface area contributed by atoms with Gasteiger partial charge in [-0.25, -0.2) is 4.52 Å². The first-order valence-corrected chi connectivity index (χ1v) is 5.15. The highest BCUT2D eigenvalue weighted by Gasteiger charge is 2.02. The summed E-state index contributed by atoms with van der Waals surface area (Å²) in [6, 6.07) is 1.65. The molecule has 6 nitrogen and oxygen atoms in total. The van der Waals surface area contributed by atoms with Gasteiger partial charge in [0.25, 0.3) is 5.56 Å². The molecule has 0 saturated carbocycles. The van der Waals surface area contributed by atoms with E-state index in [2.05, 4.69) is 17.0 Å². The van der Waals surface area contributed by atoms with Crippen LogP contribution in [0.2, 0.25) is 0 Å². The molecule has 0 saturated heterocycles. The number of amides is 1. The molecule has 88 valence electrons. The van der Waals surface area contributed by atoms with Crippen LogP contribution in [0.4, 0.5) is 0 Å². The van der Waals surface area contributed by atoms with E-state index < -0.39 is 0 Å². The van der Waals surface area contributed by atoms with E-state index in [1.54, 1.807) is 24.7 Å². The maximum atomic E-state index is 11.9. The second-order valence-electron chi connectivity index (χ2n) is 3.45. The predicted octanol–water partition coefficient (Wildman–Crippen LogP) is -0.202. The van der Waals surface area contributed by atoms with Gasteiger partial charge in [-0.2, -0.15) is 5.10 Å². The average Bonchev–Trinajstić information content (AvgIpc) is 2.81. The highest BCUT2D eigenvalue weighted by molar-refractivity contribution is 5.86. The minimum atomic E-state index is -0.247. The summed E-state index contributed by atoms with van der Waals surface area (Å²) >= 11 is 0. The van der Waals surface area contributed by atoms with Crippen molar-refractivity contribution in [3.63, 3.8) is 0 Å². The Kier molecular flexibility index (Phi) is 3.04. The van der Waals surface area contributed by atoms with Gasteiger partial charge in [-0.3, -0.25) is 9.59 Å². The standard InChI is InChI=1S/C11H12N4O2/c1-2-10(16)12-5-6-14-7-8-15-9(11(14)17)3-4-13-15/h2-4,7-8H,1,5-6H2,(H,12,16). The molecule has 2 aromatic rings. The highest BCUT2D eigenvalue weighted by Crippen LogP contribution is 1.93. The number of nitrogens with one attached hydrogen (secondary N) is 1. The van der Waals surface area contributed by atoms with E-state index in [1.807, 2.05) is 0 Å². The van der Waals surface area contributed by atoms with Gasteiger partial charge in [0.15, 0.2) is 0 Å². The lowest BCUT2D eigenvalue weighted by atomic mass is 10.4. The van der Waals surface area contributed by atoms with Crippen molar-refractivity contribution in [2.24, 2.45) is 0 Å². The first-order valence-electron chi connectivity index (χ1n) is 5.15. The van der Waals surface area contributed by atoms with Crippen LogP contribution in [0.15, 0.2) is 42.1 Å². The molecule has 1 N–H and O–H groups in total. The zero-order valence-electron chi connectivity index (χ0n) is 9.17. The van der Waals surface area contributed by atoms with Gasteiger partial charge < -0.3 is 9.88 Å². The molecule has 6 heteroatoms. The van der Waals surface area contributed by atoms with Crippen LogP contribution in [0.25, 0.3) is 5.52 Å². The van der Waals surface area contributed by atoms with E-state index in [1.165, 1.54) is 15.2 Å². The summed E-state index contributed by atoms with van der Waals surface area (Å²) in [5, 5.41) is 6.57. The summed E-state index contributed by atoms with van der Waals surface area (Å²) in [7, 11) is 0. The minimum Gasteiger partial charge on any atom is -0.351 e. The van der Waals surface area contributed by atoms with Crippen LogP contribution in [0.1, 0.15) is 0 Å². The molecule has 2 aromatic heterocycles. The maximum absolute atomic E-state index is 11.9. The van der Waals surface area contributed by atoms with Crippen molar-refractivity contribution in [2.75, 3.05) is 6.54 Å². The summed E-state index contributed by atoms with van der Waals surface area (Å²) in [4.78, 5) is 22.8. The molecular formula is C11H12N4O2. The molecular weight excluding hydrogens is 220 g/mol. The van der Waals surface area contributed by atoms with Gasteiger partial charge >= 0.3 is 0 Å². The fraction of sp³-hybridized carbons (Fsp3) is 0.182. The van der Waals surface area contributed by atoms with E-state index in [0.29, 0.717) is 18.6 Å². The molecule has 0 fully saturated rings. The Morgan fingerprint density at radius 3 is 3.12 bits per heavy atom. The van der Waals surface area contributed by atoms with E-state index in [9.17, 15) is 9.59 Å². The van der Waals surface area contributed by atoms with Crippen LogP contribution < -0.4 is 10.9 Å². The molecule has 0 radical (unpaired) electrons. The van der Waals surface area contributed by atoms with Crippen molar-refractivity contribution in [1.29, 1.82) is 0 Å². The lowest BCUT2D eigenvalue weighted by Gasteiger charge is -2.06. The smallest absolute Gasteiger partial charge is 0.276 e.